The molecule has 0 aromatic carbocycles. The first-order chi connectivity index (χ1) is 6.60. The molecule has 0 saturated carbocycles. The van der Waals surface area contributed by atoms with Gasteiger partial charge in [-0.3, -0.25) is 0 Å². The van der Waals surface area contributed by atoms with E-state index in [-0.39, 0.29) is 11.4 Å². The van der Waals surface area contributed by atoms with E-state index in [2.05, 4.69) is 9.72 Å². The first kappa shape index (κ1) is 10.4. The molecule has 74 valence electrons. The zero-order valence-electron chi connectivity index (χ0n) is 7.71. The van der Waals surface area contributed by atoms with Gasteiger partial charge in [0.15, 0.2) is 0 Å². The summed E-state index contributed by atoms with van der Waals surface area (Å²) in [5.41, 5.74) is -0.0623. The van der Waals surface area contributed by atoms with Crippen molar-refractivity contribution in [2.75, 3.05) is 7.11 Å². The van der Waals surface area contributed by atoms with Crippen molar-refractivity contribution >= 4 is 0 Å². The Morgan fingerprint density at radius 3 is 2.64 bits per heavy atom. The fraction of sp³-hybridized carbons (Fsp3) is 0.333. The molecule has 5 heteroatoms. The summed E-state index contributed by atoms with van der Waals surface area (Å²) in [5.74, 6) is -0.184. The number of ether oxygens (including phenoxy) is 1. The first-order valence-electron chi connectivity index (χ1n) is 3.84. The Bertz CT molecular complexity index is 385. The molecular formula is C9H8F2N2O. The van der Waals surface area contributed by atoms with Crippen LogP contribution in [0.5, 0.6) is 5.88 Å². The molecule has 0 atom stereocenters. The summed E-state index contributed by atoms with van der Waals surface area (Å²) in [5, 5.41) is 8.65. The highest BCUT2D eigenvalue weighted by Crippen LogP contribution is 2.30. The number of rotatable bonds is 2. The number of alkyl halides is 2. The largest absolute Gasteiger partial charge is 0.481 e. The van der Waals surface area contributed by atoms with Gasteiger partial charge in [-0.1, -0.05) is 0 Å². The molecule has 0 saturated heterocycles. The molecule has 1 aromatic rings. The molecular weight excluding hydrogens is 190 g/mol. The standard InChI is InChI=1S/C9H8F2N2O/c1-5-3-6(4-12)7(8(10)11)9(13-5)14-2/h3,8H,1-2H3. The van der Waals surface area contributed by atoms with Crippen molar-refractivity contribution in [1.29, 1.82) is 5.26 Å². The van der Waals surface area contributed by atoms with Gasteiger partial charge in [0.2, 0.25) is 5.88 Å². The predicted molar refractivity (Wildman–Crippen MR) is 45.2 cm³/mol. The van der Waals surface area contributed by atoms with Crippen LogP contribution in [0.25, 0.3) is 0 Å². The van der Waals surface area contributed by atoms with Crippen molar-refractivity contribution in [2.24, 2.45) is 0 Å². The van der Waals surface area contributed by atoms with E-state index < -0.39 is 12.0 Å². The van der Waals surface area contributed by atoms with E-state index in [9.17, 15) is 8.78 Å². The normalized spacial score (nSPS) is 10.0. The Hall–Kier alpha value is -1.70. The fourth-order valence-electron chi connectivity index (χ4n) is 1.11. The molecule has 1 rings (SSSR count). The third kappa shape index (κ3) is 1.79. The highest BCUT2D eigenvalue weighted by molar-refractivity contribution is 5.45. The highest BCUT2D eigenvalue weighted by Gasteiger charge is 2.20. The van der Waals surface area contributed by atoms with Crippen LogP contribution in [0, 0.1) is 18.3 Å². The van der Waals surface area contributed by atoms with Gasteiger partial charge < -0.3 is 4.74 Å². The zero-order chi connectivity index (χ0) is 10.7. The van der Waals surface area contributed by atoms with Gasteiger partial charge >= 0.3 is 0 Å². The molecule has 1 aromatic heterocycles. The molecule has 0 bridgehead atoms. The van der Waals surface area contributed by atoms with Gasteiger partial charge in [0.05, 0.1) is 24.3 Å². The monoisotopic (exact) mass is 198 g/mol. The Balaban J connectivity index is 3.42. The minimum Gasteiger partial charge on any atom is -0.481 e. The number of halogens is 2. The van der Waals surface area contributed by atoms with Crippen molar-refractivity contribution in [2.45, 2.75) is 13.3 Å². The number of aromatic nitrogens is 1. The molecule has 14 heavy (non-hydrogen) atoms. The topological polar surface area (TPSA) is 45.9 Å². The maximum absolute atomic E-state index is 12.5. The second kappa shape index (κ2) is 4.01. The molecule has 0 amide bonds. The van der Waals surface area contributed by atoms with Crippen LogP contribution in [-0.4, -0.2) is 12.1 Å². The molecule has 0 radical (unpaired) electrons. The summed E-state index contributed by atoms with van der Waals surface area (Å²) in [4.78, 5) is 3.77. The minimum absolute atomic E-state index is 0.0932. The van der Waals surface area contributed by atoms with Crippen molar-refractivity contribution in [3.05, 3.63) is 22.9 Å². The SMILES string of the molecule is COc1nc(C)cc(C#N)c1C(F)F. The highest BCUT2D eigenvalue weighted by atomic mass is 19.3. The van der Waals surface area contributed by atoms with E-state index >= 15 is 0 Å². The van der Waals surface area contributed by atoms with Crippen LogP contribution in [0.1, 0.15) is 23.2 Å². The Labute approximate surface area is 79.9 Å². The van der Waals surface area contributed by atoms with E-state index in [1.165, 1.54) is 13.2 Å². The van der Waals surface area contributed by atoms with Crippen LogP contribution in [0.4, 0.5) is 8.78 Å². The summed E-state index contributed by atoms with van der Waals surface area (Å²) in [6.45, 7) is 1.61. The molecule has 0 aliphatic heterocycles. The molecule has 1 heterocycles. The van der Waals surface area contributed by atoms with Crippen molar-refractivity contribution in [1.82, 2.24) is 4.98 Å². The van der Waals surface area contributed by atoms with Crippen LogP contribution < -0.4 is 4.74 Å². The lowest BCUT2D eigenvalue weighted by Crippen LogP contribution is -2.00. The van der Waals surface area contributed by atoms with Crippen LogP contribution >= 0.6 is 0 Å². The summed E-state index contributed by atoms with van der Waals surface area (Å²) in [7, 11) is 1.24. The van der Waals surface area contributed by atoms with Crippen LogP contribution in [0.3, 0.4) is 0 Å². The second-order valence-corrected chi connectivity index (χ2v) is 2.65. The lowest BCUT2D eigenvalue weighted by molar-refractivity contribution is 0.145. The third-order valence-electron chi connectivity index (χ3n) is 1.68. The maximum atomic E-state index is 12.5. The number of nitriles is 1. The summed E-state index contributed by atoms with van der Waals surface area (Å²) in [6.07, 6.45) is -2.76. The number of methoxy groups -OCH3 is 1. The summed E-state index contributed by atoms with van der Waals surface area (Å²) in [6, 6.07) is 3.00. The fourth-order valence-corrected chi connectivity index (χ4v) is 1.11. The molecule has 0 unspecified atom stereocenters. The van der Waals surface area contributed by atoms with Gasteiger partial charge in [0.25, 0.3) is 6.43 Å². The Morgan fingerprint density at radius 1 is 1.57 bits per heavy atom. The van der Waals surface area contributed by atoms with Crippen LogP contribution in [-0.2, 0) is 0 Å². The van der Waals surface area contributed by atoms with Crippen molar-refractivity contribution < 1.29 is 13.5 Å². The van der Waals surface area contributed by atoms with E-state index in [4.69, 9.17) is 5.26 Å². The lowest BCUT2D eigenvalue weighted by Gasteiger charge is -2.08. The van der Waals surface area contributed by atoms with E-state index in [0.717, 1.165) is 0 Å². The Kier molecular flexibility index (Phi) is 2.97. The van der Waals surface area contributed by atoms with Crippen LogP contribution in [0.2, 0.25) is 0 Å². The molecule has 0 fully saturated rings. The first-order valence-corrected chi connectivity index (χ1v) is 3.84. The number of hydrogen-bond acceptors (Lipinski definition) is 3. The average molecular weight is 198 g/mol. The smallest absolute Gasteiger partial charge is 0.270 e. The van der Waals surface area contributed by atoms with Crippen molar-refractivity contribution in [3.8, 4) is 11.9 Å². The summed E-state index contributed by atoms with van der Waals surface area (Å²) >= 11 is 0. The van der Waals surface area contributed by atoms with Gasteiger partial charge in [-0.05, 0) is 13.0 Å². The quantitative estimate of drug-likeness (QED) is 0.731. The number of aryl methyl sites for hydroxylation is 1. The molecule has 0 spiro atoms. The molecule has 0 N–H and O–H groups in total. The molecule has 3 nitrogen and oxygen atoms in total. The van der Waals surface area contributed by atoms with Gasteiger partial charge in [0.1, 0.15) is 0 Å². The van der Waals surface area contributed by atoms with Gasteiger partial charge in [-0.15, -0.1) is 0 Å². The predicted octanol–water partition coefficient (Wildman–Crippen LogP) is 2.21. The van der Waals surface area contributed by atoms with Gasteiger partial charge in [-0.2, -0.15) is 5.26 Å². The molecule has 0 aliphatic rings. The van der Waals surface area contributed by atoms with Crippen LogP contribution in [0.15, 0.2) is 6.07 Å². The van der Waals surface area contributed by atoms with E-state index in [1.807, 2.05) is 0 Å². The third-order valence-corrected chi connectivity index (χ3v) is 1.68. The second-order valence-electron chi connectivity index (χ2n) is 2.65. The van der Waals surface area contributed by atoms with Gasteiger partial charge in [0, 0.05) is 5.69 Å². The van der Waals surface area contributed by atoms with Gasteiger partial charge in [-0.25, -0.2) is 13.8 Å². The number of hydrogen-bond donors (Lipinski definition) is 0. The molecule has 0 aliphatic carbocycles. The van der Waals surface area contributed by atoms with E-state index in [0.29, 0.717) is 5.69 Å². The van der Waals surface area contributed by atoms with E-state index in [1.54, 1.807) is 13.0 Å². The van der Waals surface area contributed by atoms with Crippen molar-refractivity contribution in [3.63, 3.8) is 0 Å². The average Bonchev–Trinajstić information content (AvgIpc) is 2.15. The minimum atomic E-state index is -2.76. The lowest BCUT2D eigenvalue weighted by atomic mass is 10.1. The maximum Gasteiger partial charge on any atom is 0.270 e. The number of pyridine rings is 1. The summed E-state index contributed by atoms with van der Waals surface area (Å²) < 4.78 is 29.7. The zero-order valence-corrected chi connectivity index (χ0v) is 7.71. The Morgan fingerprint density at radius 2 is 2.21 bits per heavy atom. The number of nitrogens with zero attached hydrogens (tertiary/aromatic N) is 2.